The van der Waals surface area contributed by atoms with Crippen molar-refractivity contribution < 1.29 is 46.9 Å². The van der Waals surface area contributed by atoms with Crippen molar-refractivity contribution in [3.63, 3.8) is 0 Å². The third kappa shape index (κ3) is 8.46. The molecule has 14 heteroatoms. The lowest BCUT2D eigenvalue weighted by Gasteiger charge is -2.30. The molecule has 42 heavy (non-hydrogen) atoms. The number of rotatable bonds is 10. The predicted octanol–water partition coefficient (Wildman–Crippen LogP) is 5.19. The van der Waals surface area contributed by atoms with Gasteiger partial charge in [-0.15, -0.1) is 0 Å². The molecule has 12 nitrogen and oxygen atoms in total. The lowest BCUT2D eigenvalue weighted by atomic mass is 10.0. The summed E-state index contributed by atoms with van der Waals surface area (Å²) >= 11 is 0. The molecule has 230 valence electrons. The maximum absolute atomic E-state index is 13.4. The second-order valence-electron chi connectivity index (χ2n) is 11.4. The summed E-state index contributed by atoms with van der Waals surface area (Å²) < 4.78 is 47.7. The van der Waals surface area contributed by atoms with E-state index in [4.69, 9.17) is 13.9 Å². The highest BCUT2D eigenvalue weighted by Crippen LogP contribution is 2.37. The molecule has 2 aromatic rings. The van der Waals surface area contributed by atoms with Gasteiger partial charge in [-0.3, -0.25) is 4.79 Å². The second kappa shape index (κ2) is 12.8. The topological polar surface area (TPSA) is 152 Å². The zero-order valence-electron chi connectivity index (χ0n) is 23.9. The molecule has 1 aromatic heterocycles. The summed E-state index contributed by atoms with van der Waals surface area (Å²) in [7, 11) is 0. The van der Waals surface area contributed by atoms with E-state index in [1.54, 1.807) is 27.7 Å². The van der Waals surface area contributed by atoms with E-state index >= 15 is 0 Å². The number of oxazole rings is 1. The Bertz CT molecular complexity index is 1280. The van der Waals surface area contributed by atoms with Gasteiger partial charge in [0.15, 0.2) is 23.0 Å². The largest absolute Gasteiger partial charge is 0.489 e. The number of amides is 3. The average Bonchev–Trinajstić information content (AvgIpc) is 3.61. The average molecular weight is 595 g/mol. The van der Waals surface area contributed by atoms with E-state index in [1.165, 1.54) is 23.1 Å². The van der Waals surface area contributed by atoms with E-state index in [0.717, 1.165) is 12.8 Å². The predicted molar refractivity (Wildman–Crippen MR) is 145 cm³/mol. The van der Waals surface area contributed by atoms with Crippen LogP contribution in [0.4, 0.5) is 18.4 Å². The molecule has 1 saturated carbocycles. The zero-order valence-corrected chi connectivity index (χ0v) is 23.9. The Morgan fingerprint density at radius 2 is 1.83 bits per heavy atom. The Kier molecular flexibility index (Phi) is 9.42. The molecule has 0 unspecified atom stereocenters. The summed E-state index contributed by atoms with van der Waals surface area (Å²) in [5, 5.41) is 14.7. The fourth-order valence-corrected chi connectivity index (χ4v) is 4.37. The number of likely N-dealkylation sites (tertiary alicyclic amines) is 1. The van der Waals surface area contributed by atoms with Crippen LogP contribution in [0.2, 0.25) is 0 Å². The molecule has 2 heterocycles. The number of benzene rings is 1. The third-order valence-electron chi connectivity index (χ3n) is 6.67. The van der Waals surface area contributed by atoms with Gasteiger partial charge in [0.25, 0.3) is 5.91 Å². The van der Waals surface area contributed by atoms with Crippen molar-refractivity contribution in [2.24, 2.45) is 5.92 Å². The summed E-state index contributed by atoms with van der Waals surface area (Å²) in [4.78, 5) is 42.8. The summed E-state index contributed by atoms with van der Waals surface area (Å²) in [6, 6.07) is 3.06. The van der Waals surface area contributed by atoms with Crippen LogP contribution in [0.15, 0.2) is 22.6 Å². The molecule has 1 saturated heterocycles. The molecular formula is C28H36F2N4O8. The molecule has 1 aliphatic heterocycles. The third-order valence-corrected chi connectivity index (χ3v) is 6.67. The minimum absolute atomic E-state index is 0.00597. The summed E-state index contributed by atoms with van der Waals surface area (Å²) in [6.07, 6.45) is 1.06. The molecular weight excluding hydrogens is 558 g/mol. The molecule has 3 amide bonds. The number of hydrogen-bond donors (Lipinski definition) is 3. The van der Waals surface area contributed by atoms with Crippen LogP contribution in [0.25, 0.3) is 11.5 Å². The highest BCUT2D eigenvalue weighted by Gasteiger charge is 2.31. The first kappa shape index (κ1) is 30.8. The van der Waals surface area contributed by atoms with Crippen molar-refractivity contribution in [1.29, 1.82) is 0 Å². The van der Waals surface area contributed by atoms with Gasteiger partial charge in [-0.1, -0.05) is 0 Å². The summed E-state index contributed by atoms with van der Waals surface area (Å²) in [5.41, 5.74) is -0.523. The number of aromatic nitrogens is 1. The van der Waals surface area contributed by atoms with E-state index < -0.39 is 36.3 Å². The van der Waals surface area contributed by atoms with E-state index in [0.29, 0.717) is 30.9 Å². The Hall–Kier alpha value is -4.10. The lowest BCUT2D eigenvalue weighted by molar-refractivity contribution is -0.0515. The van der Waals surface area contributed by atoms with Gasteiger partial charge in [-0.2, -0.15) is 8.78 Å². The van der Waals surface area contributed by atoms with Crippen molar-refractivity contribution >= 4 is 18.1 Å². The van der Waals surface area contributed by atoms with Crippen LogP contribution in [0.1, 0.15) is 75.7 Å². The lowest BCUT2D eigenvalue weighted by Crippen LogP contribution is -2.46. The number of carbonyl (C=O) groups excluding carboxylic acids is 2. The highest BCUT2D eigenvalue weighted by molar-refractivity contribution is 5.94. The van der Waals surface area contributed by atoms with Gasteiger partial charge < -0.3 is 39.3 Å². The minimum atomic E-state index is -3.05. The van der Waals surface area contributed by atoms with Gasteiger partial charge in [0.1, 0.15) is 5.60 Å². The molecule has 0 bridgehead atoms. The molecule has 1 atom stereocenters. The summed E-state index contributed by atoms with van der Waals surface area (Å²) in [6.45, 7) is 4.55. The van der Waals surface area contributed by atoms with Gasteiger partial charge in [0.05, 0.1) is 12.6 Å². The van der Waals surface area contributed by atoms with Crippen molar-refractivity contribution in [2.75, 3.05) is 19.7 Å². The normalized spacial score (nSPS) is 16.6. The van der Waals surface area contributed by atoms with E-state index in [1.807, 2.05) is 0 Å². The quantitative estimate of drug-likeness (QED) is 0.337. The molecule has 1 aliphatic carbocycles. The SMILES string of the molecule is C[C@H](NC(=O)OC(C)(C)C)c1oc(-c2ccc(OC(F)F)c(OCC3CC3)c2)nc1C(=O)NC1CCN(C(=O)O)CC1. The zero-order chi connectivity index (χ0) is 30.6. The second-order valence-corrected chi connectivity index (χ2v) is 11.4. The number of nitrogens with zero attached hydrogens (tertiary/aromatic N) is 2. The number of alkyl carbamates (subject to hydrolysis) is 1. The number of carbonyl (C=O) groups is 3. The number of nitrogens with one attached hydrogen (secondary N) is 2. The molecule has 3 N–H and O–H groups in total. The van der Waals surface area contributed by atoms with Crippen molar-refractivity contribution in [2.45, 2.75) is 77.7 Å². The van der Waals surface area contributed by atoms with Gasteiger partial charge in [-0.05, 0) is 77.5 Å². The van der Waals surface area contributed by atoms with Gasteiger partial charge in [0.2, 0.25) is 5.89 Å². The monoisotopic (exact) mass is 594 g/mol. The minimum Gasteiger partial charge on any atom is -0.489 e. The number of ether oxygens (including phenoxy) is 3. The van der Waals surface area contributed by atoms with Gasteiger partial charge >= 0.3 is 18.8 Å². The Morgan fingerprint density at radius 1 is 1.14 bits per heavy atom. The first-order chi connectivity index (χ1) is 19.8. The first-order valence-electron chi connectivity index (χ1n) is 13.8. The fourth-order valence-electron chi connectivity index (χ4n) is 4.37. The first-order valence-corrected chi connectivity index (χ1v) is 13.8. The molecule has 4 rings (SSSR count). The number of alkyl halides is 2. The maximum atomic E-state index is 13.4. The van der Waals surface area contributed by atoms with Gasteiger partial charge in [0, 0.05) is 24.7 Å². The molecule has 2 aliphatic rings. The Balaban J connectivity index is 1.61. The molecule has 0 spiro atoms. The number of piperidine rings is 1. The van der Waals surface area contributed by atoms with Crippen LogP contribution in [0.5, 0.6) is 11.5 Å². The van der Waals surface area contributed by atoms with Crippen LogP contribution >= 0.6 is 0 Å². The molecule has 2 fully saturated rings. The van der Waals surface area contributed by atoms with Crippen molar-refractivity contribution in [1.82, 2.24) is 20.5 Å². The van der Waals surface area contributed by atoms with Crippen LogP contribution in [-0.2, 0) is 4.74 Å². The number of carboxylic acid groups (broad SMARTS) is 1. The maximum Gasteiger partial charge on any atom is 0.408 e. The van der Waals surface area contributed by atoms with E-state index in [-0.39, 0.29) is 48.0 Å². The Labute approximate surface area is 241 Å². The van der Waals surface area contributed by atoms with Crippen LogP contribution < -0.4 is 20.1 Å². The van der Waals surface area contributed by atoms with Crippen LogP contribution in [0.3, 0.4) is 0 Å². The summed E-state index contributed by atoms with van der Waals surface area (Å²) in [5.74, 6) is -0.256. The van der Waals surface area contributed by atoms with Crippen LogP contribution in [-0.4, -0.2) is 71.0 Å². The highest BCUT2D eigenvalue weighted by atomic mass is 19.3. The molecule has 1 aromatic carbocycles. The van der Waals surface area contributed by atoms with Crippen LogP contribution in [0, 0.1) is 5.92 Å². The number of hydrogen-bond acceptors (Lipinski definition) is 8. The Morgan fingerprint density at radius 3 is 2.43 bits per heavy atom. The standard InChI is InChI=1S/C28H36F2N4O8/c1-15(31-26(36)42-28(2,3)4)22-21(23(35)32-18-9-11-34(12-10-18)27(37)38)33-24(41-22)17-7-8-19(40-25(29)30)20(13-17)39-14-16-5-6-16/h7-8,13,15-16,18,25H,5-6,9-12,14H2,1-4H3,(H,31,36)(H,32,35)(H,37,38)/t15-/m0/s1. The smallest absolute Gasteiger partial charge is 0.408 e. The van der Waals surface area contributed by atoms with Crippen molar-refractivity contribution in [3.05, 3.63) is 29.7 Å². The fraction of sp³-hybridized carbons (Fsp3) is 0.571. The van der Waals surface area contributed by atoms with Gasteiger partial charge in [-0.25, -0.2) is 14.6 Å². The molecule has 0 radical (unpaired) electrons. The van der Waals surface area contributed by atoms with E-state index in [2.05, 4.69) is 20.4 Å². The van der Waals surface area contributed by atoms with Crippen molar-refractivity contribution in [3.8, 4) is 23.0 Å². The van der Waals surface area contributed by atoms with E-state index in [9.17, 15) is 28.3 Å². The number of halogens is 2.